The average Bonchev–Trinajstić information content (AvgIpc) is 3.16. The standard InChI is InChI=1S/C13H17N5O/c1-8(9-3-4-9)18-13(15-16-17-18)11-7-10(19-2)5-6-12(11)14/h5-9H,3-4,14H2,1-2H3. The van der Waals surface area contributed by atoms with E-state index in [1.165, 1.54) is 12.8 Å². The minimum atomic E-state index is 0.301. The lowest BCUT2D eigenvalue weighted by molar-refractivity contribution is 0.414. The van der Waals surface area contributed by atoms with Gasteiger partial charge < -0.3 is 10.5 Å². The van der Waals surface area contributed by atoms with Crippen LogP contribution in [-0.2, 0) is 0 Å². The van der Waals surface area contributed by atoms with Gasteiger partial charge in [-0.25, -0.2) is 4.68 Å². The van der Waals surface area contributed by atoms with Gasteiger partial charge in [0, 0.05) is 11.3 Å². The lowest BCUT2D eigenvalue weighted by atomic mass is 10.1. The lowest BCUT2D eigenvalue weighted by Crippen LogP contribution is -2.11. The van der Waals surface area contributed by atoms with Crippen LogP contribution >= 0.6 is 0 Å². The van der Waals surface area contributed by atoms with Gasteiger partial charge in [0.1, 0.15) is 5.75 Å². The van der Waals surface area contributed by atoms with Crippen molar-refractivity contribution in [1.29, 1.82) is 0 Å². The molecule has 1 atom stereocenters. The van der Waals surface area contributed by atoms with Crippen molar-refractivity contribution in [3.63, 3.8) is 0 Å². The van der Waals surface area contributed by atoms with Crippen LogP contribution in [0, 0.1) is 5.92 Å². The molecule has 0 spiro atoms. The van der Waals surface area contributed by atoms with Crippen molar-refractivity contribution >= 4 is 5.69 Å². The zero-order chi connectivity index (χ0) is 13.4. The maximum atomic E-state index is 6.03. The number of ether oxygens (including phenoxy) is 1. The Morgan fingerprint density at radius 3 is 2.89 bits per heavy atom. The topological polar surface area (TPSA) is 78.8 Å². The molecule has 0 bridgehead atoms. The van der Waals surface area contributed by atoms with Crippen LogP contribution in [0.5, 0.6) is 5.75 Å². The molecule has 1 fully saturated rings. The number of methoxy groups -OCH3 is 1. The molecule has 1 saturated carbocycles. The van der Waals surface area contributed by atoms with E-state index in [2.05, 4.69) is 22.4 Å². The third kappa shape index (κ3) is 2.14. The number of hydrogen-bond donors (Lipinski definition) is 1. The maximum Gasteiger partial charge on any atom is 0.184 e. The summed E-state index contributed by atoms with van der Waals surface area (Å²) in [6.45, 7) is 2.15. The largest absolute Gasteiger partial charge is 0.497 e. The van der Waals surface area contributed by atoms with Crippen molar-refractivity contribution in [2.24, 2.45) is 5.92 Å². The summed E-state index contributed by atoms with van der Waals surface area (Å²) in [5.74, 6) is 2.13. The van der Waals surface area contributed by atoms with Gasteiger partial charge in [0.15, 0.2) is 5.82 Å². The van der Waals surface area contributed by atoms with E-state index >= 15 is 0 Å². The van der Waals surface area contributed by atoms with Crippen LogP contribution in [0.4, 0.5) is 5.69 Å². The van der Waals surface area contributed by atoms with Crippen LogP contribution in [0.3, 0.4) is 0 Å². The zero-order valence-electron chi connectivity index (χ0n) is 11.1. The van der Waals surface area contributed by atoms with Gasteiger partial charge in [0.05, 0.1) is 13.2 Å². The fourth-order valence-corrected chi connectivity index (χ4v) is 2.28. The number of nitrogens with zero attached hydrogens (tertiary/aromatic N) is 4. The molecule has 0 amide bonds. The maximum absolute atomic E-state index is 6.03. The smallest absolute Gasteiger partial charge is 0.184 e. The van der Waals surface area contributed by atoms with Crippen molar-refractivity contribution in [3.05, 3.63) is 18.2 Å². The second-order valence-corrected chi connectivity index (χ2v) is 4.98. The summed E-state index contributed by atoms with van der Waals surface area (Å²) in [7, 11) is 1.63. The average molecular weight is 259 g/mol. The molecule has 1 aromatic heterocycles. The third-order valence-electron chi connectivity index (χ3n) is 3.68. The summed E-state index contributed by atoms with van der Waals surface area (Å²) in [5, 5.41) is 12.0. The van der Waals surface area contributed by atoms with Gasteiger partial charge in [-0.3, -0.25) is 0 Å². The second-order valence-electron chi connectivity index (χ2n) is 4.98. The fraction of sp³-hybridized carbons (Fsp3) is 0.462. The molecule has 1 aliphatic rings. The Kier molecular flexibility index (Phi) is 2.85. The van der Waals surface area contributed by atoms with Crippen LogP contribution in [0.25, 0.3) is 11.4 Å². The molecule has 100 valence electrons. The summed E-state index contributed by atoms with van der Waals surface area (Å²) in [4.78, 5) is 0. The van der Waals surface area contributed by atoms with Gasteiger partial charge in [-0.15, -0.1) is 5.10 Å². The molecule has 1 heterocycles. The third-order valence-corrected chi connectivity index (χ3v) is 3.68. The highest BCUT2D eigenvalue weighted by atomic mass is 16.5. The Balaban J connectivity index is 2.04. The highest BCUT2D eigenvalue weighted by Gasteiger charge is 2.31. The van der Waals surface area contributed by atoms with E-state index in [4.69, 9.17) is 10.5 Å². The number of nitrogen functional groups attached to an aromatic ring is 1. The molecule has 0 saturated heterocycles. The molecular weight excluding hydrogens is 242 g/mol. The first kappa shape index (κ1) is 12.0. The summed E-state index contributed by atoms with van der Waals surface area (Å²) in [5.41, 5.74) is 7.50. The first-order chi connectivity index (χ1) is 9.20. The van der Waals surface area contributed by atoms with Crippen molar-refractivity contribution in [1.82, 2.24) is 20.2 Å². The monoisotopic (exact) mass is 259 g/mol. The molecule has 6 heteroatoms. The Morgan fingerprint density at radius 1 is 1.42 bits per heavy atom. The number of tetrazole rings is 1. The number of rotatable bonds is 4. The molecule has 19 heavy (non-hydrogen) atoms. The molecule has 2 aromatic rings. The Bertz CT molecular complexity index is 590. The van der Waals surface area contributed by atoms with E-state index in [0.29, 0.717) is 23.5 Å². The minimum absolute atomic E-state index is 0.301. The second kappa shape index (κ2) is 4.53. The SMILES string of the molecule is COc1ccc(N)c(-c2nnnn2C(C)C2CC2)c1. The van der Waals surface area contributed by atoms with Crippen LogP contribution in [0.1, 0.15) is 25.8 Å². The molecule has 2 N–H and O–H groups in total. The van der Waals surface area contributed by atoms with Crippen molar-refractivity contribution in [2.75, 3.05) is 12.8 Å². The number of hydrogen-bond acceptors (Lipinski definition) is 5. The van der Waals surface area contributed by atoms with E-state index < -0.39 is 0 Å². The Labute approximate surface area is 111 Å². The van der Waals surface area contributed by atoms with Crippen LogP contribution < -0.4 is 10.5 Å². The van der Waals surface area contributed by atoms with Gasteiger partial charge >= 0.3 is 0 Å². The van der Waals surface area contributed by atoms with E-state index in [-0.39, 0.29) is 0 Å². The highest BCUT2D eigenvalue weighted by molar-refractivity contribution is 5.73. The first-order valence-corrected chi connectivity index (χ1v) is 6.42. The van der Waals surface area contributed by atoms with Crippen molar-refractivity contribution in [2.45, 2.75) is 25.8 Å². The Morgan fingerprint density at radius 2 is 2.21 bits per heavy atom. The van der Waals surface area contributed by atoms with E-state index in [1.807, 2.05) is 22.9 Å². The molecule has 1 unspecified atom stereocenters. The Hall–Kier alpha value is -2.11. The molecule has 1 aromatic carbocycles. The van der Waals surface area contributed by atoms with E-state index in [9.17, 15) is 0 Å². The lowest BCUT2D eigenvalue weighted by Gasteiger charge is -2.13. The minimum Gasteiger partial charge on any atom is -0.497 e. The molecule has 0 radical (unpaired) electrons. The molecular formula is C13H17N5O. The van der Waals surface area contributed by atoms with Gasteiger partial charge in [0.2, 0.25) is 0 Å². The van der Waals surface area contributed by atoms with Crippen molar-refractivity contribution < 1.29 is 4.74 Å². The molecule has 3 rings (SSSR count). The highest BCUT2D eigenvalue weighted by Crippen LogP contribution is 2.40. The summed E-state index contributed by atoms with van der Waals surface area (Å²) in [6, 6.07) is 5.82. The van der Waals surface area contributed by atoms with E-state index in [0.717, 1.165) is 11.3 Å². The number of nitrogens with two attached hydrogens (primary N) is 1. The van der Waals surface area contributed by atoms with Gasteiger partial charge in [-0.05, 0) is 54.3 Å². The summed E-state index contributed by atoms with van der Waals surface area (Å²) < 4.78 is 7.10. The summed E-state index contributed by atoms with van der Waals surface area (Å²) in [6.07, 6.45) is 2.49. The van der Waals surface area contributed by atoms with E-state index in [1.54, 1.807) is 7.11 Å². The summed E-state index contributed by atoms with van der Waals surface area (Å²) >= 11 is 0. The van der Waals surface area contributed by atoms with Gasteiger partial charge in [-0.2, -0.15) is 0 Å². The van der Waals surface area contributed by atoms with Crippen LogP contribution in [-0.4, -0.2) is 27.3 Å². The first-order valence-electron chi connectivity index (χ1n) is 6.42. The number of anilines is 1. The van der Waals surface area contributed by atoms with Gasteiger partial charge in [0.25, 0.3) is 0 Å². The van der Waals surface area contributed by atoms with Crippen molar-refractivity contribution in [3.8, 4) is 17.1 Å². The van der Waals surface area contributed by atoms with Gasteiger partial charge in [-0.1, -0.05) is 0 Å². The normalized spacial score (nSPS) is 16.3. The molecule has 6 nitrogen and oxygen atoms in total. The number of benzene rings is 1. The van der Waals surface area contributed by atoms with Crippen LogP contribution in [0.15, 0.2) is 18.2 Å². The number of aromatic nitrogens is 4. The predicted octanol–water partition coefficient (Wildman–Crippen LogP) is 1.90. The predicted molar refractivity (Wildman–Crippen MR) is 71.7 cm³/mol. The molecule has 0 aliphatic heterocycles. The molecule has 1 aliphatic carbocycles. The fourth-order valence-electron chi connectivity index (χ4n) is 2.28. The van der Waals surface area contributed by atoms with Crippen LogP contribution in [0.2, 0.25) is 0 Å². The quantitative estimate of drug-likeness (QED) is 0.848. The zero-order valence-corrected chi connectivity index (χ0v) is 11.1.